The lowest BCUT2D eigenvalue weighted by Gasteiger charge is -2.25. The number of carbonyl (C=O) groups is 2. The van der Waals surface area contributed by atoms with Gasteiger partial charge in [-0.05, 0) is 56.9 Å². The molecule has 4 rings (SSSR count). The Kier molecular flexibility index (Phi) is 9.47. The second-order valence-electron chi connectivity index (χ2n) is 10.1. The number of nitrogens with one attached hydrogen (secondary N) is 3. The number of hydrogen-bond acceptors (Lipinski definition) is 10. The van der Waals surface area contributed by atoms with Gasteiger partial charge in [-0.3, -0.25) is 20.1 Å². The molecule has 3 aromatic rings. The number of nitrogens with zero attached hydrogens (tertiary/aromatic N) is 5. The van der Waals surface area contributed by atoms with Crippen LogP contribution in [0.2, 0.25) is 0 Å². The zero-order chi connectivity index (χ0) is 31.5. The van der Waals surface area contributed by atoms with Crippen molar-refractivity contribution in [1.82, 2.24) is 20.4 Å². The number of ether oxygens (including phenoxy) is 1. The maximum Gasteiger partial charge on any atom is 0.418 e. The van der Waals surface area contributed by atoms with Gasteiger partial charge in [0.1, 0.15) is 0 Å². The Morgan fingerprint density at radius 3 is 2.51 bits per heavy atom. The van der Waals surface area contributed by atoms with Gasteiger partial charge in [0.2, 0.25) is 0 Å². The number of aryl methyl sites for hydroxylation is 1. The van der Waals surface area contributed by atoms with E-state index in [9.17, 15) is 22.8 Å². The van der Waals surface area contributed by atoms with Crippen LogP contribution in [0, 0.1) is 6.92 Å². The van der Waals surface area contributed by atoms with E-state index in [0.29, 0.717) is 23.9 Å². The highest BCUT2D eigenvalue weighted by Crippen LogP contribution is 2.38. The zero-order valence-electron chi connectivity index (χ0n) is 24.5. The monoisotopic (exact) mass is 618 g/mol. The third-order valence-corrected chi connectivity index (χ3v) is 7.54. The normalized spacial score (nSPS) is 13.3. The number of halogens is 3. The second-order valence-corrected chi connectivity index (χ2v) is 11.1. The van der Waals surface area contributed by atoms with Gasteiger partial charge in [0, 0.05) is 56.5 Å². The minimum absolute atomic E-state index is 0.0333. The lowest BCUT2D eigenvalue weighted by atomic mass is 10.1. The molecule has 1 aliphatic heterocycles. The van der Waals surface area contributed by atoms with E-state index < -0.39 is 23.7 Å². The molecule has 3 N–H and O–H groups in total. The summed E-state index contributed by atoms with van der Waals surface area (Å²) >= 11 is 1.25. The number of rotatable bonds is 9. The van der Waals surface area contributed by atoms with Crippen LogP contribution >= 0.6 is 11.3 Å². The largest absolute Gasteiger partial charge is 0.453 e. The van der Waals surface area contributed by atoms with Crippen molar-refractivity contribution in [1.29, 1.82) is 0 Å². The van der Waals surface area contributed by atoms with Crippen LogP contribution in [0.3, 0.4) is 0 Å². The summed E-state index contributed by atoms with van der Waals surface area (Å²) in [4.78, 5) is 33.1. The molecular formula is C28H33F3N8O3S. The molecule has 0 unspecified atom stereocenters. The van der Waals surface area contributed by atoms with Gasteiger partial charge in [0.25, 0.3) is 5.91 Å². The fourth-order valence-corrected chi connectivity index (χ4v) is 5.10. The standard InChI is InChI=1S/C28H33F3N8O3S/c1-17-7-8-18(13-22(17)39-16-23(38(5)35-39)24-15-32-26(43-24)34-27(41)42-6)25(40)33-19-9-10-21(20(14-19)28(29,30)31)37(4)12-11-36(2)3/h7-10,13-16,35H,11-12H2,1-6H3,(H,33,40)(H,32,34,41). The second kappa shape index (κ2) is 12.9. The van der Waals surface area contributed by atoms with Crippen LogP contribution < -0.4 is 26.1 Å². The molecule has 0 saturated carbocycles. The van der Waals surface area contributed by atoms with Gasteiger partial charge in [-0.2, -0.15) is 13.2 Å². The maximum atomic E-state index is 14.0. The fraction of sp³-hybridized carbons (Fsp3) is 0.321. The van der Waals surface area contributed by atoms with Crippen LogP contribution in [0.4, 0.5) is 40.2 Å². The van der Waals surface area contributed by atoms with Gasteiger partial charge in [-0.1, -0.05) is 17.4 Å². The summed E-state index contributed by atoms with van der Waals surface area (Å²) in [6.45, 7) is 2.85. The van der Waals surface area contributed by atoms with Crippen LogP contribution in [0.25, 0.3) is 5.70 Å². The molecule has 1 aromatic heterocycles. The van der Waals surface area contributed by atoms with Crippen molar-refractivity contribution in [2.45, 2.75) is 13.1 Å². The predicted molar refractivity (Wildman–Crippen MR) is 162 cm³/mol. The highest BCUT2D eigenvalue weighted by Gasteiger charge is 2.35. The van der Waals surface area contributed by atoms with Gasteiger partial charge >= 0.3 is 12.3 Å². The molecule has 2 amide bonds. The lowest BCUT2D eigenvalue weighted by Crippen LogP contribution is -2.38. The zero-order valence-corrected chi connectivity index (χ0v) is 25.4. The van der Waals surface area contributed by atoms with E-state index >= 15 is 0 Å². The first kappa shape index (κ1) is 31.6. The minimum atomic E-state index is -4.61. The molecule has 230 valence electrons. The Bertz CT molecular complexity index is 1530. The smallest absolute Gasteiger partial charge is 0.418 e. The number of alkyl halides is 3. The molecule has 0 atom stereocenters. The van der Waals surface area contributed by atoms with Gasteiger partial charge in [0.05, 0.1) is 28.9 Å². The molecule has 1 aliphatic rings. The SMILES string of the molecule is COC(=O)Nc1ncc(C2=CN(c3cc(C(=O)Nc4ccc(N(C)CCN(C)C)c(C(F)(F)F)c4)ccc3C)NN2C)s1. The first-order valence-corrected chi connectivity index (χ1v) is 13.9. The Balaban J connectivity index is 1.54. The van der Waals surface area contributed by atoms with Crippen molar-refractivity contribution in [3.05, 3.63) is 70.4 Å². The number of anilines is 4. The number of benzene rings is 2. The van der Waals surface area contributed by atoms with E-state index in [1.807, 2.05) is 25.9 Å². The van der Waals surface area contributed by atoms with Crippen LogP contribution in [0.15, 0.2) is 48.8 Å². The fourth-order valence-electron chi connectivity index (χ4n) is 4.25. The average Bonchev–Trinajstić information content (AvgIpc) is 3.57. The molecule has 0 saturated heterocycles. The average molecular weight is 619 g/mol. The Hall–Kier alpha value is -4.34. The topological polar surface area (TPSA) is 105 Å². The number of methoxy groups -OCH3 is 1. The molecule has 43 heavy (non-hydrogen) atoms. The van der Waals surface area contributed by atoms with Gasteiger partial charge in [-0.15, -0.1) is 5.53 Å². The van der Waals surface area contributed by atoms with Gasteiger partial charge < -0.3 is 19.9 Å². The van der Waals surface area contributed by atoms with E-state index in [1.54, 1.807) is 59.6 Å². The number of thiazole rings is 1. The van der Waals surface area contributed by atoms with E-state index in [-0.39, 0.29) is 16.9 Å². The number of hydrogen-bond donors (Lipinski definition) is 3. The summed E-state index contributed by atoms with van der Waals surface area (Å²) in [5.74, 6) is -0.555. The summed E-state index contributed by atoms with van der Waals surface area (Å²) in [7, 11) is 8.37. The third kappa shape index (κ3) is 7.55. The quantitative estimate of drug-likeness (QED) is 0.303. The van der Waals surface area contributed by atoms with Gasteiger partial charge in [0.15, 0.2) is 5.13 Å². The van der Waals surface area contributed by atoms with Crippen LogP contribution in [-0.4, -0.2) is 75.3 Å². The number of likely N-dealkylation sites (N-methyl/N-ethyl adjacent to an activating group) is 2. The molecule has 15 heteroatoms. The van der Waals surface area contributed by atoms with Crippen molar-refractivity contribution >= 4 is 51.2 Å². The van der Waals surface area contributed by atoms with Crippen LogP contribution in [0.5, 0.6) is 0 Å². The van der Waals surface area contributed by atoms with E-state index in [2.05, 4.69) is 25.9 Å². The van der Waals surface area contributed by atoms with Crippen LogP contribution in [0.1, 0.15) is 26.4 Å². The summed E-state index contributed by atoms with van der Waals surface area (Å²) in [5, 5.41) is 8.97. The first-order valence-electron chi connectivity index (χ1n) is 13.1. The maximum absolute atomic E-state index is 14.0. The van der Waals surface area contributed by atoms with Crippen molar-refractivity contribution in [3.63, 3.8) is 0 Å². The third-order valence-electron chi connectivity index (χ3n) is 6.61. The summed E-state index contributed by atoms with van der Waals surface area (Å²) in [6.07, 6.45) is -1.81. The van der Waals surface area contributed by atoms with Crippen LogP contribution in [-0.2, 0) is 10.9 Å². The van der Waals surface area contributed by atoms with Crippen molar-refractivity contribution in [2.24, 2.45) is 0 Å². The molecule has 0 spiro atoms. The molecule has 0 aliphatic carbocycles. The highest BCUT2D eigenvalue weighted by atomic mass is 32.1. The Morgan fingerprint density at radius 2 is 1.84 bits per heavy atom. The highest BCUT2D eigenvalue weighted by molar-refractivity contribution is 7.16. The molecule has 0 radical (unpaired) electrons. The Labute approximate surface area is 251 Å². The number of aromatic nitrogens is 1. The number of amides is 2. The molecule has 11 nitrogen and oxygen atoms in total. The Morgan fingerprint density at radius 1 is 1.09 bits per heavy atom. The molecule has 0 fully saturated rings. The molecule has 0 bridgehead atoms. The van der Waals surface area contributed by atoms with E-state index in [1.165, 1.54) is 30.6 Å². The van der Waals surface area contributed by atoms with Crippen molar-refractivity contribution in [2.75, 3.05) is 68.9 Å². The summed E-state index contributed by atoms with van der Waals surface area (Å²) in [6, 6.07) is 8.81. The van der Waals surface area contributed by atoms with Crippen molar-refractivity contribution in [3.8, 4) is 0 Å². The van der Waals surface area contributed by atoms with E-state index in [4.69, 9.17) is 0 Å². The van der Waals surface area contributed by atoms with Crippen molar-refractivity contribution < 1.29 is 27.5 Å². The molecule has 2 heterocycles. The molecule has 2 aromatic carbocycles. The van der Waals surface area contributed by atoms with E-state index in [0.717, 1.165) is 22.2 Å². The summed E-state index contributed by atoms with van der Waals surface area (Å²) in [5.41, 5.74) is 4.92. The molecular weight excluding hydrogens is 585 g/mol. The first-order chi connectivity index (χ1) is 20.3. The lowest BCUT2D eigenvalue weighted by molar-refractivity contribution is -0.137. The predicted octanol–water partition coefficient (Wildman–Crippen LogP) is 5.07. The van der Waals surface area contributed by atoms with Gasteiger partial charge in [-0.25, -0.2) is 9.78 Å². The number of carbonyl (C=O) groups excluding carboxylic acids is 2. The minimum Gasteiger partial charge on any atom is -0.453 e. The number of hydrazine groups is 2. The summed E-state index contributed by atoms with van der Waals surface area (Å²) < 4.78 is 46.5.